The number of nitrogens with zero attached hydrogens (tertiary/aromatic N) is 4. The number of hydrogen-bond acceptors (Lipinski definition) is 6. The van der Waals surface area contributed by atoms with Crippen LogP contribution >= 0.6 is 0 Å². The number of aromatic nitrogens is 2. The maximum absolute atomic E-state index is 12.8. The zero-order valence-corrected chi connectivity index (χ0v) is 16.9. The SMILES string of the molecule is CCOC(=O)c1nn(C)c2c1CN(C(=O)CCN1C(=O)c3ccccc3C1=O)CC2. The van der Waals surface area contributed by atoms with Crippen molar-refractivity contribution in [3.8, 4) is 0 Å². The van der Waals surface area contributed by atoms with Crippen LogP contribution in [0.4, 0.5) is 0 Å². The average molecular weight is 410 g/mol. The van der Waals surface area contributed by atoms with Crippen LogP contribution < -0.4 is 0 Å². The molecule has 0 aliphatic carbocycles. The van der Waals surface area contributed by atoms with E-state index in [-0.39, 0.29) is 49.5 Å². The quantitative estimate of drug-likeness (QED) is 0.542. The number of ether oxygens (including phenoxy) is 1. The molecule has 0 fully saturated rings. The van der Waals surface area contributed by atoms with Crippen molar-refractivity contribution in [2.45, 2.75) is 26.3 Å². The van der Waals surface area contributed by atoms with Crippen LogP contribution in [0, 0.1) is 0 Å². The molecular weight excluding hydrogens is 388 g/mol. The normalized spacial score (nSPS) is 15.3. The molecule has 0 radical (unpaired) electrons. The number of aryl methyl sites for hydroxylation is 1. The van der Waals surface area contributed by atoms with Gasteiger partial charge in [0.15, 0.2) is 5.69 Å². The standard InChI is InChI=1S/C21H22N4O5/c1-3-30-21(29)18-15-12-24(10-8-16(15)23(2)22-18)17(26)9-11-25-19(27)13-6-4-5-7-14(13)20(25)28/h4-7H,3,8-12H2,1-2H3. The molecule has 9 heteroatoms. The second-order valence-electron chi connectivity index (χ2n) is 7.24. The third-order valence-electron chi connectivity index (χ3n) is 5.49. The summed E-state index contributed by atoms with van der Waals surface area (Å²) in [6.45, 7) is 2.72. The highest BCUT2D eigenvalue weighted by Gasteiger charge is 2.36. The Bertz CT molecular complexity index is 1020. The summed E-state index contributed by atoms with van der Waals surface area (Å²) in [6, 6.07) is 6.64. The van der Waals surface area contributed by atoms with Gasteiger partial charge in [0.2, 0.25) is 5.91 Å². The molecule has 0 N–H and O–H groups in total. The Morgan fingerprint density at radius 1 is 1.13 bits per heavy atom. The van der Waals surface area contributed by atoms with Gasteiger partial charge in [0.1, 0.15) is 0 Å². The molecule has 2 aromatic rings. The Morgan fingerprint density at radius 3 is 2.43 bits per heavy atom. The predicted molar refractivity (Wildman–Crippen MR) is 105 cm³/mol. The number of carbonyl (C=O) groups is 4. The highest BCUT2D eigenvalue weighted by Crippen LogP contribution is 2.25. The van der Waals surface area contributed by atoms with Crippen LogP contribution in [0.2, 0.25) is 0 Å². The number of imide groups is 1. The van der Waals surface area contributed by atoms with Crippen molar-refractivity contribution in [2.75, 3.05) is 19.7 Å². The molecule has 0 saturated heterocycles. The molecule has 3 amide bonds. The van der Waals surface area contributed by atoms with Crippen LogP contribution in [0.5, 0.6) is 0 Å². The second kappa shape index (κ2) is 7.74. The van der Waals surface area contributed by atoms with Gasteiger partial charge in [0.25, 0.3) is 11.8 Å². The van der Waals surface area contributed by atoms with E-state index in [4.69, 9.17) is 4.74 Å². The summed E-state index contributed by atoms with van der Waals surface area (Å²) < 4.78 is 6.73. The van der Waals surface area contributed by atoms with Crippen LogP contribution in [-0.2, 0) is 29.5 Å². The van der Waals surface area contributed by atoms with Gasteiger partial charge in [-0.3, -0.25) is 24.0 Å². The molecule has 0 atom stereocenters. The van der Waals surface area contributed by atoms with Crippen molar-refractivity contribution in [1.82, 2.24) is 19.6 Å². The molecule has 2 aliphatic rings. The number of rotatable bonds is 5. The molecule has 3 heterocycles. The topological polar surface area (TPSA) is 102 Å². The molecule has 0 spiro atoms. The highest BCUT2D eigenvalue weighted by molar-refractivity contribution is 6.21. The number of carbonyl (C=O) groups excluding carboxylic acids is 4. The zero-order valence-electron chi connectivity index (χ0n) is 16.9. The number of benzene rings is 1. The molecule has 0 unspecified atom stereocenters. The van der Waals surface area contributed by atoms with Crippen LogP contribution in [0.25, 0.3) is 0 Å². The van der Waals surface area contributed by atoms with Crippen molar-refractivity contribution < 1.29 is 23.9 Å². The molecule has 0 bridgehead atoms. The summed E-state index contributed by atoms with van der Waals surface area (Å²) in [5, 5.41) is 4.26. The minimum atomic E-state index is -0.505. The zero-order chi connectivity index (χ0) is 21.4. The smallest absolute Gasteiger partial charge is 0.359 e. The maximum atomic E-state index is 12.8. The highest BCUT2D eigenvalue weighted by atomic mass is 16.5. The third-order valence-corrected chi connectivity index (χ3v) is 5.49. The van der Waals surface area contributed by atoms with Crippen LogP contribution in [0.1, 0.15) is 55.8 Å². The van der Waals surface area contributed by atoms with E-state index in [9.17, 15) is 19.2 Å². The monoisotopic (exact) mass is 410 g/mol. The second-order valence-corrected chi connectivity index (χ2v) is 7.24. The van der Waals surface area contributed by atoms with E-state index in [1.807, 2.05) is 0 Å². The average Bonchev–Trinajstić information content (AvgIpc) is 3.21. The summed E-state index contributed by atoms with van der Waals surface area (Å²) in [6.07, 6.45) is 0.590. The van der Waals surface area contributed by atoms with Crippen LogP contribution in [0.3, 0.4) is 0 Å². The van der Waals surface area contributed by atoms with E-state index in [1.165, 1.54) is 0 Å². The molecule has 9 nitrogen and oxygen atoms in total. The summed E-state index contributed by atoms with van der Waals surface area (Å²) >= 11 is 0. The number of esters is 1. The van der Waals surface area contributed by atoms with Crippen LogP contribution in [0.15, 0.2) is 24.3 Å². The molecule has 4 rings (SSSR count). The number of fused-ring (bicyclic) bond motifs is 2. The Morgan fingerprint density at radius 2 is 1.80 bits per heavy atom. The first-order valence-corrected chi connectivity index (χ1v) is 9.87. The Balaban J connectivity index is 1.44. The lowest BCUT2D eigenvalue weighted by atomic mass is 10.0. The Labute approximate surface area is 173 Å². The fourth-order valence-electron chi connectivity index (χ4n) is 3.98. The van der Waals surface area contributed by atoms with Gasteiger partial charge in [-0.1, -0.05) is 12.1 Å². The van der Waals surface area contributed by atoms with E-state index in [0.29, 0.717) is 29.7 Å². The molecule has 1 aromatic heterocycles. The van der Waals surface area contributed by atoms with E-state index in [0.717, 1.165) is 10.6 Å². The summed E-state index contributed by atoms with van der Waals surface area (Å²) in [5.41, 5.74) is 2.56. The maximum Gasteiger partial charge on any atom is 0.359 e. The lowest BCUT2D eigenvalue weighted by Gasteiger charge is -2.28. The van der Waals surface area contributed by atoms with Crippen molar-refractivity contribution in [2.24, 2.45) is 7.05 Å². The van der Waals surface area contributed by atoms with E-state index in [2.05, 4.69) is 5.10 Å². The van der Waals surface area contributed by atoms with Gasteiger partial charge in [-0.15, -0.1) is 0 Å². The lowest BCUT2D eigenvalue weighted by Crippen LogP contribution is -2.39. The summed E-state index contributed by atoms with van der Waals surface area (Å²) in [4.78, 5) is 52.7. The van der Waals surface area contributed by atoms with Crippen molar-refractivity contribution >= 4 is 23.7 Å². The largest absolute Gasteiger partial charge is 0.461 e. The number of amides is 3. The van der Waals surface area contributed by atoms with E-state index >= 15 is 0 Å². The molecular formula is C21H22N4O5. The van der Waals surface area contributed by atoms with Gasteiger partial charge in [-0.05, 0) is 19.1 Å². The van der Waals surface area contributed by atoms with Gasteiger partial charge in [0, 0.05) is 50.8 Å². The number of hydrogen-bond donors (Lipinski definition) is 0. The molecule has 156 valence electrons. The fraction of sp³-hybridized carbons (Fsp3) is 0.381. The minimum absolute atomic E-state index is 0.0201. The molecule has 0 saturated carbocycles. The van der Waals surface area contributed by atoms with Gasteiger partial charge in [-0.25, -0.2) is 4.79 Å². The van der Waals surface area contributed by atoms with Gasteiger partial charge in [0.05, 0.1) is 17.7 Å². The van der Waals surface area contributed by atoms with Crippen molar-refractivity contribution in [3.05, 3.63) is 52.3 Å². The third kappa shape index (κ3) is 3.26. The van der Waals surface area contributed by atoms with E-state index in [1.54, 1.807) is 47.8 Å². The fourth-order valence-corrected chi connectivity index (χ4v) is 3.98. The van der Waals surface area contributed by atoms with Gasteiger partial charge >= 0.3 is 5.97 Å². The first kappa shape index (κ1) is 19.8. The molecule has 2 aliphatic heterocycles. The van der Waals surface area contributed by atoms with Crippen molar-refractivity contribution in [3.63, 3.8) is 0 Å². The first-order valence-electron chi connectivity index (χ1n) is 9.87. The molecule has 30 heavy (non-hydrogen) atoms. The van der Waals surface area contributed by atoms with Crippen molar-refractivity contribution in [1.29, 1.82) is 0 Å². The summed E-state index contributed by atoms with van der Waals surface area (Å²) in [5.74, 6) is -1.44. The Kier molecular flexibility index (Phi) is 5.11. The minimum Gasteiger partial charge on any atom is -0.461 e. The Hall–Kier alpha value is -3.49. The van der Waals surface area contributed by atoms with Gasteiger partial charge in [-0.2, -0.15) is 5.10 Å². The summed E-state index contributed by atoms with van der Waals surface area (Å²) in [7, 11) is 1.77. The predicted octanol–water partition coefficient (Wildman–Crippen LogP) is 1.17. The van der Waals surface area contributed by atoms with Gasteiger partial charge < -0.3 is 9.64 Å². The lowest BCUT2D eigenvalue weighted by molar-refractivity contribution is -0.132. The van der Waals surface area contributed by atoms with Crippen LogP contribution in [-0.4, -0.2) is 63.0 Å². The first-order chi connectivity index (χ1) is 14.4. The van der Waals surface area contributed by atoms with E-state index < -0.39 is 5.97 Å². The molecule has 1 aromatic carbocycles.